The van der Waals surface area contributed by atoms with Crippen molar-refractivity contribution in [2.24, 2.45) is 0 Å². The molecule has 0 unspecified atom stereocenters. The van der Waals surface area contributed by atoms with E-state index >= 15 is 0 Å². The molecule has 4 rings (SSSR count). The third kappa shape index (κ3) is 4.29. The Labute approximate surface area is 190 Å². The summed E-state index contributed by atoms with van der Waals surface area (Å²) in [5.41, 5.74) is 5.66. The van der Waals surface area contributed by atoms with Gasteiger partial charge in [-0.1, -0.05) is 35.9 Å². The quantitative estimate of drug-likeness (QED) is 0.310. The Kier molecular flexibility index (Phi) is 6.35. The average Bonchev–Trinajstić information content (AvgIpc) is 3.27. The molecule has 166 valence electrons. The van der Waals surface area contributed by atoms with Crippen LogP contribution in [0.5, 0.6) is 0 Å². The highest BCUT2D eigenvalue weighted by atomic mass is 35.5. The molecule has 0 saturated heterocycles. The standard InChI is InChI=1S/C25H25ClFN3O2/c1-15-21(13-28-10-9-17-12-29-23-6-4-3-5-20(17)23)24(25(31)32)16(2)30(15)14-18-7-8-19(27)11-22(18)26/h3-8,11-12,28-29H,9-10,13-14H2,1-2H3,(H,31,32). The van der Waals surface area contributed by atoms with Crippen LogP contribution in [0.2, 0.25) is 5.02 Å². The summed E-state index contributed by atoms with van der Waals surface area (Å²) in [5, 5.41) is 14.8. The Morgan fingerprint density at radius 2 is 1.94 bits per heavy atom. The van der Waals surface area contributed by atoms with Gasteiger partial charge in [0.2, 0.25) is 0 Å². The van der Waals surface area contributed by atoms with Gasteiger partial charge in [0.05, 0.1) is 5.56 Å². The van der Waals surface area contributed by atoms with Crippen molar-refractivity contribution in [2.45, 2.75) is 33.4 Å². The molecule has 2 heterocycles. The van der Waals surface area contributed by atoms with E-state index in [1.165, 1.54) is 23.1 Å². The molecule has 4 aromatic rings. The Hall–Kier alpha value is -3.09. The number of rotatable bonds is 8. The molecule has 3 N–H and O–H groups in total. The smallest absolute Gasteiger partial charge is 0.337 e. The van der Waals surface area contributed by atoms with Crippen LogP contribution in [0.25, 0.3) is 10.9 Å². The van der Waals surface area contributed by atoms with Gasteiger partial charge in [0.15, 0.2) is 0 Å². The van der Waals surface area contributed by atoms with Crippen LogP contribution in [0.4, 0.5) is 4.39 Å². The first-order valence-electron chi connectivity index (χ1n) is 10.5. The van der Waals surface area contributed by atoms with Gasteiger partial charge >= 0.3 is 5.97 Å². The van der Waals surface area contributed by atoms with E-state index in [1.54, 1.807) is 13.0 Å². The molecule has 0 bridgehead atoms. The summed E-state index contributed by atoms with van der Waals surface area (Å²) in [6, 6.07) is 12.4. The SMILES string of the molecule is Cc1c(CNCCc2c[nH]c3ccccc23)c(C(=O)O)c(C)n1Cc1ccc(F)cc1Cl. The Balaban J connectivity index is 1.51. The van der Waals surface area contributed by atoms with E-state index in [-0.39, 0.29) is 0 Å². The summed E-state index contributed by atoms with van der Waals surface area (Å²) in [6.07, 6.45) is 2.85. The lowest BCUT2D eigenvalue weighted by molar-refractivity contribution is 0.0694. The second-order valence-corrected chi connectivity index (χ2v) is 8.34. The van der Waals surface area contributed by atoms with Crippen molar-refractivity contribution in [2.75, 3.05) is 6.54 Å². The number of hydrogen-bond donors (Lipinski definition) is 3. The van der Waals surface area contributed by atoms with Gasteiger partial charge in [-0.25, -0.2) is 9.18 Å². The fourth-order valence-corrected chi connectivity index (χ4v) is 4.51. The van der Waals surface area contributed by atoms with Crippen LogP contribution in [-0.2, 0) is 19.5 Å². The number of nitrogens with zero attached hydrogens (tertiary/aromatic N) is 1. The number of aromatic amines is 1. The first-order valence-corrected chi connectivity index (χ1v) is 10.9. The van der Waals surface area contributed by atoms with E-state index in [9.17, 15) is 14.3 Å². The van der Waals surface area contributed by atoms with Crippen molar-refractivity contribution in [3.63, 3.8) is 0 Å². The molecule has 0 amide bonds. The van der Waals surface area contributed by atoms with E-state index in [2.05, 4.69) is 16.4 Å². The third-order valence-corrected chi connectivity index (χ3v) is 6.37. The zero-order valence-electron chi connectivity index (χ0n) is 18.0. The molecule has 0 radical (unpaired) electrons. The number of carbonyl (C=O) groups is 1. The minimum atomic E-state index is -0.956. The molecule has 7 heteroatoms. The van der Waals surface area contributed by atoms with Gasteiger partial charge in [0.25, 0.3) is 0 Å². The highest BCUT2D eigenvalue weighted by Crippen LogP contribution is 2.26. The van der Waals surface area contributed by atoms with Crippen LogP contribution >= 0.6 is 11.6 Å². The summed E-state index contributed by atoms with van der Waals surface area (Å²) < 4.78 is 15.3. The normalized spacial score (nSPS) is 11.4. The molecule has 0 spiro atoms. The molecule has 5 nitrogen and oxygen atoms in total. The molecule has 32 heavy (non-hydrogen) atoms. The Bertz CT molecular complexity index is 1290. The number of benzene rings is 2. The second kappa shape index (κ2) is 9.18. The molecule has 0 aliphatic rings. The van der Waals surface area contributed by atoms with Gasteiger partial charge in [0.1, 0.15) is 5.82 Å². The zero-order chi connectivity index (χ0) is 22.8. The van der Waals surface area contributed by atoms with Crippen LogP contribution in [0.1, 0.15) is 38.4 Å². The number of nitrogens with one attached hydrogen (secondary N) is 2. The Morgan fingerprint density at radius 1 is 1.16 bits per heavy atom. The maximum absolute atomic E-state index is 13.4. The molecule has 2 aromatic heterocycles. The van der Waals surface area contributed by atoms with Crippen LogP contribution < -0.4 is 5.32 Å². The number of H-pyrrole nitrogens is 1. The minimum absolute atomic E-state index is 0.306. The highest BCUT2D eigenvalue weighted by Gasteiger charge is 2.22. The molecule has 0 aliphatic carbocycles. The van der Waals surface area contributed by atoms with Gasteiger partial charge in [-0.3, -0.25) is 0 Å². The molecular weight excluding hydrogens is 429 g/mol. The highest BCUT2D eigenvalue weighted by molar-refractivity contribution is 6.31. The summed E-state index contributed by atoms with van der Waals surface area (Å²) in [6.45, 7) is 5.25. The van der Waals surface area contributed by atoms with Crippen molar-refractivity contribution in [3.8, 4) is 0 Å². The van der Waals surface area contributed by atoms with Crippen molar-refractivity contribution >= 4 is 28.5 Å². The molecule has 0 atom stereocenters. The molecule has 2 aromatic carbocycles. The molecular formula is C25H25ClFN3O2. The van der Waals surface area contributed by atoms with Crippen LogP contribution in [0.3, 0.4) is 0 Å². The van der Waals surface area contributed by atoms with Crippen molar-refractivity contribution < 1.29 is 14.3 Å². The third-order valence-electron chi connectivity index (χ3n) is 6.02. The lowest BCUT2D eigenvalue weighted by Crippen LogP contribution is -2.18. The van der Waals surface area contributed by atoms with Crippen molar-refractivity contribution in [1.82, 2.24) is 14.9 Å². The van der Waals surface area contributed by atoms with Gasteiger partial charge in [-0.15, -0.1) is 0 Å². The second-order valence-electron chi connectivity index (χ2n) is 7.94. The number of hydrogen-bond acceptors (Lipinski definition) is 2. The number of fused-ring (bicyclic) bond motifs is 1. The van der Waals surface area contributed by atoms with E-state index in [0.717, 1.165) is 28.8 Å². The van der Waals surface area contributed by atoms with Gasteiger partial charge in [-0.05, 0) is 56.1 Å². The predicted molar refractivity (Wildman–Crippen MR) is 125 cm³/mol. The van der Waals surface area contributed by atoms with E-state index in [1.807, 2.05) is 35.9 Å². The maximum atomic E-state index is 13.4. The number of carboxylic acid groups (broad SMARTS) is 1. The maximum Gasteiger partial charge on any atom is 0.337 e. The molecule has 0 aliphatic heterocycles. The lowest BCUT2D eigenvalue weighted by atomic mass is 10.1. The average molecular weight is 454 g/mol. The minimum Gasteiger partial charge on any atom is -0.478 e. The van der Waals surface area contributed by atoms with Crippen LogP contribution in [-0.4, -0.2) is 27.2 Å². The Morgan fingerprint density at radius 3 is 2.69 bits per heavy atom. The number of carboxylic acids is 1. The zero-order valence-corrected chi connectivity index (χ0v) is 18.8. The fourth-order valence-electron chi connectivity index (χ4n) is 4.28. The predicted octanol–water partition coefficient (Wildman–Crippen LogP) is 5.46. The fraction of sp³-hybridized carbons (Fsp3) is 0.240. The van der Waals surface area contributed by atoms with Crippen molar-refractivity contribution in [1.29, 1.82) is 0 Å². The first kappa shape index (κ1) is 22.1. The molecule has 0 saturated carbocycles. The monoisotopic (exact) mass is 453 g/mol. The summed E-state index contributed by atoms with van der Waals surface area (Å²) >= 11 is 6.20. The van der Waals surface area contributed by atoms with Gasteiger partial charge < -0.3 is 20.0 Å². The number of aromatic nitrogens is 2. The molecule has 0 fully saturated rings. The van der Waals surface area contributed by atoms with E-state index in [0.29, 0.717) is 35.9 Å². The van der Waals surface area contributed by atoms with Gasteiger partial charge in [0, 0.05) is 52.2 Å². The number of aromatic carboxylic acids is 1. The van der Waals surface area contributed by atoms with E-state index in [4.69, 9.17) is 11.6 Å². The van der Waals surface area contributed by atoms with Crippen LogP contribution in [0.15, 0.2) is 48.7 Å². The van der Waals surface area contributed by atoms with Crippen molar-refractivity contribution in [3.05, 3.63) is 93.1 Å². The largest absolute Gasteiger partial charge is 0.478 e. The summed E-state index contributed by atoms with van der Waals surface area (Å²) in [7, 11) is 0. The summed E-state index contributed by atoms with van der Waals surface area (Å²) in [5.74, 6) is -1.35. The number of halogens is 2. The van der Waals surface area contributed by atoms with Crippen LogP contribution in [0, 0.1) is 19.7 Å². The van der Waals surface area contributed by atoms with E-state index < -0.39 is 11.8 Å². The summed E-state index contributed by atoms with van der Waals surface area (Å²) in [4.78, 5) is 15.3. The first-order chi connectivity index (χ1) is 15.4. The number of para-hydroxylation sites is 1. The topological polar surface area (TPSA) is 70.1 Å². The van der Waals surface area contributed by atoms with Gasteiger partial charge in [-0.2, -0.15) is 0 Å². The lowest BCUT2D eigenvalue weighted by Gasteiger charge is -2.12.